The van der Waals surface area contributed by atoms with E-state index in [0.717, 1.165) is 34.9 Å². The minimum Gasteiger partial charge on any atom is -0.394 e. The first kappa shape index (κ1) is 41.5. The molecule has 4 aliphatic rings. The number of piperazine rings is 1. The first-order chi connectivity index (χ1) is 29.4. The average molecular weight is 839 g/mol. The Balaban J connectivity index is 0.813. The number of rotatable bonds is 12. The summed E-state index contributed by atoms with van der Waals surface area (Å²) < 4.78 is 17.2. The van der Waals surface area contributed by atoms with E-state index in [2.05, 4.69) is 50.1 Å². The molecule has 1 unspecified atom stereocenters. The quantitative estimate of drug-likeness (QED) is 0.130. The zero-order chi connectivity index (χ0) is 42.9. The van der Waals surface area contributed by atoms with E-state index >= 15 is 4.39 Å². The van der Waals surface area contributed by atoms with Crippen molar-refractivity contribution < 1.29 is 33.5 Å². The van der Waals surface area contributed by atoms with Gasteiger partial charge >= 0.3 is 6.03 Å². The van der Waals surface area contributed by atoms with E-state index in [1.165, 1.54) is 6.07 Å². The largest absolute Gasteiger partial charge is 0.394 e. The van der Waals surface area contributed by atoms with Crippen LogP contribution in [0.5, 0.6) is 0 Å². The van der Waals surface area contributed by atoms with Gasteiger partial charge in [-0.3, -0.25) is 34.3 Å². The lowest BCUT2D eigenvalue weighted by Gasteiger charge is -2.43. The number of halogens is 1. The van der Waals surface area contributed by atoms with Crippen molar-refractivity contribution in [1.29, 1.82) is 0 Å². The first-order valence-electron chi connectivity index (χ1n) is 21.0. The number of aromatic nitrogens is 4. The standard InChI is InChI=1S/C42H51FN12O6/c1-4-26(23-56)46-40-49-36-31(24(2)3)22-45-55(36)41(50-40)44-21-25-5-7-27(8-6-25)47-42(61)53-13-11-28(12-14-53)51-15-17-52(18-16-51)34-20-30-29(19-32(34)43)38(59)54(39(30)60)33-9-10-35(57)48-37(33)58/h5-8,19-20,22,24,26,28,33,56H,4,9-18,21,23H2,1-3H3,(H,47,61)(H,48,57,58)(H2,44,46,49,50)/t26-,33?/m0/s1. The smallest absolute Gasteiger partial charge is 0.321 e. The number of anilines is 4. The highest BCUT2D eigenvalue weighted by molar-refractivity contribution is 6.23. The highest BCUT2D eigenvalue weighted by Gasteiger charge is 2.45. The normalized spacial score (nSPS) is 19.4. The topological polar surface area (TPSA) is 210 Å². The summed E-state index contributed by atoms with van der Waals surface area (Å²) in [5, 5.41) is 26.0. The summed E-state index contributed by atoms with van der Waals surface area (Å²) in [6.07, 6.45) is 4.13. The van der Waals surface area contributed by atoms with Crippen molar-refractivity contribution in [3.63, 3.8) is 0 Å². The van der Waals surface area contributed by atoms with E-state index < -0.39 is 35.5 Å². The van der Waals surface area contributed by atoms with E-state index in [4.69, 9.17) is 4.98 Å². The van der Waals surface area contributed by atoms with Gasteiger partial charge < -0.3 is 30.9 Å². The number of nitrogens with one attached hydrogen (secondary N) is 4. The van der Waals surface area contributed by atoms with Crippen LogP contribution in [0.2, 0.25) is 0 Å². The number of urea groups is 1. The SMILES string of the molecule is CC[C@@H](CO)Nc1nc(NCc2ccc(NC(=O)N3CCC(N4CCN(c5cc6c(cc5F)C(=O)N(C5CCC(=O)NC5=O)C6=O)CC4)CC3)cc2)n2ncc(C(C)C)c2n1. The number of likely N-dealkylation sites (tertiary alicyclic amines) is 1. The zero-order valence-corrected chi connectivity index (χ0v) is 34.5. The molecule has 322 valence electrons. The molecule has 0 bridgehead atoms. The molecule has 2 atom stereocenters. The third-order valence-corrected chi connectivity index (χ3v) is 12.1. The van der Waals surface area contributed by atoms with Gasteiger partial charge in [-0.05, 0) is 61.4 Å². The van der Waals surface area contributed by atoms with Crippen LogP contribution in [0.1, 0.15) is 90.6 Å². The number of piperidine rings is 2. The predicted molar refractivity (Wildman–Crippen MR) is 224 cm³/mol. The van der Waals surface area contributed by atoms with E-state index in [1.807, 2.05) is 41.0 Å². The van der Waals surface area contributed by atoms with Gasteiger partial charge in [-0.2, -0.15) is 19.6 Å². The van der Waals surface area contributed by atoms with Crippen molar-refractivity contribution in [3.8, 4) is 0 Å². The Morgan fingerprint density at radius 2 is 1.66 bits per heavy atom. The van der Waals surface area contributed by atoms with E-state index in [9.17, 15) is 29.1 Å². The van der Waals surface area contributed by atoms with Gasteiger partial charge in [0.25, 0.3) is 11.8 Å². The summed E-state index contributed by atoms with van der Waals surface area (Å²) in [6.45, 7) is 10.1. The molecule has 61 heavy (non-hydrogen) atoms. The van der Waals surface area contributed by atoms with Crippen LogP contribution >= 0.6 is 0 Å². The van der Waals surface area contributed by atoms with Crippen LogP contribution in [0.25, 0.3) is 5.65 Å². The fraction of sp³-hybridized carbons (Fsp3) is 0.476. The third-order valence-electron chi connectivity index (χ3n) is 12.1. The Morgan fingerprint density at radius 3 is 2.31 bits per heavy atom. The maximum atomic E-state index is 15.5. The fourth-order valence-electron chi connectivity index (χ4n) is 8.51. The highest BCUT2D eigenvalue weighted by Crippen LogP contribution is 2.34. The van der Waals surface area contributed by atoms with Crippen LogP contribution in [0.4, 0.5) is 32.5 Å². The molecule has 8 rings (SSSR count). The van der Waals surface area contributed by atoms with Gasteiger partial charge in [0.15, 0.2) is 5.65 Å². The molecular weight excluding hydrogens is 788 g/mol. The minimum atomic E-state index is -1.12. The third kappa shape index (κ3) is 8.43. The number of imide groups is 2. The molecule has 0 saturated carbocycles. The van der Waals surface area contributed by atoms with Crippen LogP contribution in [-0.4, -0.2) is 133 Å². The van der Waals surface area contributed by atoms with Crippen molar-refractivity contribution in [3.05, 3.63) is 70.7 Å². The van der Waals surface area contributed by atoms with E-state index in [1.54, 1.807) is 10.7 Å². The van der Waals surface area contributed by atoms with Gasteiger partial charge in [-0.1, -0.05) is 32.9 Å². The summed E-state index contributed by atoms with van der Waals surface area (Å²) in [7, 11) is 0. The Kier molecular flexibility index (Phi) is 11.9. The van der Waals surface area contributed by atoms with Crippen LogP contribution in [-0.2, 0) is 16.1 Å². The van der Waals surface area contributed by atoms with Gasteiger partial charge in [-0.25, -0.2) is 9.18 Å². The number of carbonyl (C=O) groups excluding carboxylic acids is 5. The average Bonchev–Trinajstić information content (AvgIpc) is 3.80. The summed E-state index contributed by atoms with van der Waals surface area (Å²) in [5.41, 5.74) is 3.53. The second kappa shape index (κ2) is 17.4. The maximum Gasteiger partial charge on any atom is 0.321 e. The molecule has 4 aromatic rings. The van der Waals surface area contributed by atoms with Crippen LogP contribution in [0, 0.1) is 5.82 Å². The molecule has 2 aromatic carbocycles. The van der Waals surface area contributed by atoms with Gasteiger partial charge in [-0.15, -0.1) is 0 Å². The number of hydrogen-bond donors (Lipinski definition) is 5. The molecular formula is C42H51FN12O6. The number of benzene rings is 2. The fourth-order valence-corrected chi connectivity index (χ4v) is 8.51. The number of hydrogen-bond acceptors (Lipinski definition) is 13. The Bertz CT molecular complexity index is 2330. The lowest BCUT2D eigenvalue weighted by molar-refractivity contribution is -0.136. The lowest BCUT2D eigenvalue weighted by atomic mass is 10.0. The van der Waals surface area contributed by atoms with Crippen molar-refractivity contribution in [2.45, 2.75) is 83.5 Å². The van der Waals surface area contributed by atoms with Gasteiger partial charge in [0.05, 0.1) is 35.7 Å². The number of nitrogens with zero attached hydrogens (tertiary/aromatic N) is 8. The molecule has 0 spiro atoms. The molecule has 6 heterocycles. The maximum absolute atomic E-state index is 15.5. The second-order valence-corrected chi connectivity index (χ2v) is 16.3. The molecule has 19 heteroatoms. The van der Waals surface area contributed by atoms with Gasteiger partial charge in [0.2, 0.25) is 23.7 Å². The van der Waals surface area contributed by atoms with Crippen molar-refractivity contribution in [2.75, 3.05) is 66.7 Å². The van der Waals surface area contributed by atoms with Gasteiger partial charge in [0.1, 0.15) is 11.9 Å². The minimum absolute atomic E-state index is 0.00469. The summed E-state index contributed by atoms with van der Waals surface area (Å²) >= 11 is 0. The number of aliphatic hydroxyl groups is 1. The first-order valence-corrected chi connectivity index (χ1v) is 21.0. The molecule has 0 aliphatic carbocycles. The summed E-state index contributed by atoms with van der Waals surface area (Å²) in [4.78, 5) is 80.0. The van der Waals surface area contributed by atoms with Gasteiger partial charge in [0, 0.05) is 69.5 Å². The molecule has 3 saturated heterocycles. The monoisotopic (exact) mass is 838 g/mol. The van der Waals surface area contributed by atoms with E-state index in [-0.39, 0.29) is 60.3 Å². The molecule has 0 radical (unpaired) electrons. The number of amides is 6. The Morgan fingerprint density at radius 1 is 0.951 bits per heavy atom. The summed E-state index contributed by atoms with van der Waals surface area (Å²) in [6, 6.07) is 8.90. The molecule has 3 fully saturated rings. The predicted octanol–water partition coefficient (Wildman–Crippen LogP) is 3.40. The molecule has 4 aliphatic heterocycles. The summed E-state index contributed by atoms with van der Waals surface area (Å²) in [5.74, 6) is -2.06. The van der Waals surface area contributed by atoms with E-state index in [0.29, 0.717) is 75.5 Å². The molecule has 2 aromatic heterocycles. The zero-order valence-electron chi connectivity index (χ0n) is 34.5. The Hall–Kier alpha value is -6.21. The second-order valence-electron chi connectivity index (χ2n) is 16.3. The van der Waals surface area contributed by atoms with Crippen LogP contribution in [0.15, 0.2) is 42.6 Å². The molecule has 6 amide bonds. The van der Waals surface area contributed by atoms with Crippen molar-refractivity contribution in [1.82, 2.24) is 39.6 Å². The Labute approximate surface area is 351 Å². The number of carbonyl (C=O) groups is 5. The van der Waals surface area contributed by atoms with Crippen molar-refractivity contribution in [2.24, 2.45) is 0 Å². The molecule has 18 nitrogen and oxygen atoms in total. The van der Waals surface area contributed by atoms with Crippen LogP contribution in [0.3, 0.4) is 0 Å². The highest BCUT2D eigenvalue weighted by atomic mass is 19.1. The number of fused-ring (bicyclic) bond motifs is 2. The number of aliphatic hydroxyl groups excluding tert-OH is 1. The van der Waals surface area contributed by atoms with Crippen LogP contribution < -0.4 is 26.2 Å². The lowest BCUT2D eigenvalue weighted by Crippen LogP contribution is -2.54. The molecule has 5 N–H and O–H groups in total. The van der Waals surface area contributed by atoms with Crippen molar-refractivity contribution >= 4 is 58.6 Å².